The Morgan fingerprint density at radius 2 is 1.79 bits per heavy atom. The summed E-state index contributed by atoms with van der Waals surface area (Å²) >= 11 is 6.05. The van der Waals surface area contributed by atoms with Gasteiger partial charge in [-0.25, -0.2) is 18.5 Å². The van der Waals surface area contributed by atoms with Gasteiger partial charge in [0.15, 0.2) is 5.78 Å². The molecule has 0 saturated heterocycles. The van der Waals surface area contributed by atoms with Crippen LogP contribution < -0.4 is 15.4 Å². The standard InChI is InChI=1S/C31H28ClF3N4O3S/c32-25-9-12-27(31(33,34)35)24(16-25)19-39-14-13-37-30-28(39)17-23(18-38-30)21-4-2-5-22(15-21)29(40)6-1-3-20-7-10-26(11-8-20)43(36,41)42/h2,4-5,7-12,15-18H,1,3,6,13-14,19H2,(H,37,38)(H2,36,41,42). The molecular formula is C31H28ClF3N4O3S. The van der Waals surface area contributed by atoms with Gasteiger partial charge in [-0.15, -0.1) is 0 Å². The molecule has 0 spiro atoms. The second-order valence-corrected chi connectivity index (χ2v) is 12.3. The monoisotopic (exact) mass is 628 g/mol. The Morgan fingerprint density at radius 3 is 2.51 bits per heavy atom. The number of Topliss-reactive ketones (excluding diaryl/α,β-unsaturated/α-hetero) is 1. The van der Waals surface area contributed by atoms with Crippen LogP contribution in [-0.2, 0) is 29.2 Å². The highest BCUT2D eigenvalue weighted by Gasteiger charge is 2.34. The summed E-state index contributed by atoms with van der Waals surface area (Å²) in [6, 6.07) is 18.9. The second kappa shape index (κ2) is 12.4. The number of anilines is 2. The van der Waals surface area contributed by atoms with Gasteiger partial charge in [-0.05, 0) is 72.0 Å². The van der Waals surface area contributed by atoms with E-state index in [9.17, 15) is 26.4 Å². The maximum absolute atomic E-state index is 13.7. The highest BCUT2D eigenvalue weighted by molar-refractivity contribution is 7.89. The molecule has 0 fully saturated rings. The minimum atomic E-state index is -4.51. The number of hydrogen-bond acceptors (Lipinski definition) is 6. The average molecular weight is 629 g/mol. The summed E-state index contributed by atoms with van der Waals surface area (Å²) in [7, 11) is -3.76. The largest absolute Gasteiger partial charge is 0.416 e. The molecule has 0 unspecified atom stereocenters. The van der Waals surface area contributed by atoms with Crippen LogP contribution in [0.25, 0.3) is 11.1 Å². The van der Waals surface area contributed by atoms with Gasteiger partial charge in [-0.2, -0.15) is 13.2 Å². The smallest absolute Gasteiger partial charge is 0.367 e. The molecule has 224 valence electrons. The van der Waals surface area contributed by atoms with E-state index in [0.717, 1.165) is 22.8 Å². The number of primary sulfonamides is 1. The number of benzene rings is 3. The van der Waals surface area contributed by atoms with E-state index < -0.39 is 21.8 Å². The fourth-order valence-electron chi connectivity index (χ4n) is 5.07. The number of rotatable bonds is 9. The van der Waals surface area contributed by atoms with Crippen LogP contribution in [0.4, 0.5) is 24.7 Å². The predicted octanol–water partition coefficient (Wildman–Crippen LogP) is 6.71. The second-order valence-electron chi connectivity index (χ2n) is 10.3. The summed E-state index contributed by atoms with van der Waals surface area (Å²) in [6.45, 7) is 0.977. The molecule has 5 rings (SSSR count). The Bertz CT molecular complexity index is 1760. The van der Waals surface area contributed by atoms with Crippen molar-refractivity contribution in [3.63, 3.8) is 0 Å². The third-order valence-corrected chi connectivity index (χ3v) is 8.42. The Labute approximate surface area is 252 Å². The zero-order valence-electron chi connectivity index (χ0n) is 22.9. The number of nitrogens with zero attached hydrogens (tertiary/aromatic N) is 2. The predicted molar refractivity (Wildman–Crippen MR) is 161 cm³/mol. The van der Waals surface area contributed by atoms with Gasteiger partial charge in [0.25, 0.3) is 0 Å². The molecule has 3 N–H and O–H groups in total. The first-order valence-electron chi connectivity index (χ1n) is 13.5. The van der Waals surface area contributed by atoms with Crippen molar-refractivity contribution < 1.29 is 26.4 Å². The van der Waals surface area contributed by atoms with Crippen LogP contribution in [0.3, 0.4) is 0 Å². The first-order chi connectivity index (χ1) is 20.4. The lowest BCUT2D eigenvalue weighted by Gasteiger charge is -2.32. The van der Waals surface area contributed by atoms with E-state index in [4.69, 9.17) is 16.7 Å². The van der Waals surface area contributed by atoms with Crippen LogP contribution >= 0.6 is 11.6 Å². The molecule has 0 amide bonds. The summed E-state index contributed by atoms with van der Waals surface area (Å²) in [6.07, 6.45) is -1.38. The average Bonchev–Trinajstić information content (AvgIpc) is 2.96. The Kier molecular flexibility index (Phi) is 8.77. The van der Waals surface area contributed by atoms with Crippen molar-refractivity contribution >= 4 is 38.9 Å². The summed E-state index contributed by atoms with van der Waals surface area (Å²) in [5.41, 5.74) is 2.90. The third kappa shape index (κ3) is 7.35. The van der Waals surface area contributed by atoms with Gasteiger partial charge in [-0.3, -0.25) is 4.79 Å². The first-order valence-corrected chi connectivity index (χ1v) is 15.4. The third-order valence-electron chi connectivity index (χ3n) is 7.26. The minimum absolute atomic E-state index is 0.00148. The molecule has 0 radical (unpaired) electrons. The Hall–Kier alpha value is -3.93. The number of carbonyl (C=O) groups is 1. The summed E-state index contributed by atoms with van der Waals surface area (Å²) in [5.74, 6) is 0.521. The fraction of sp³-hybridized carbons (Fsp3) is 0.226. The number of nitrogens with two attached hydrogens (primary N) is 1. The van der Waals surface area contributed by atoms with Gasteiger partial charge >= 0.3 is 6.18 Å². The molecule has 0 saturated carbocycles. The number of aryl methyl sites for hydroxylation is 1. The van der Waals surface area contributed by atoms with E-state index in [1.54, 1.807) is 36.5 Å². The lowest BCUT2D eigenvalue weighted by Crippen LogP contribution is -2.34. The molecular weight excluding hydrogens is 601 g/mol. The van der Waals surface area contributed by atoms with Crippen molar-refractivity contribution in [2.45, 2.75) is 36.9 Å². The summed E-state index contributed by atoms with van der Waals surface area (Å²) in [4.78, 5) is 19.4. The number of sulfonamides is 1. The highest BCUT2D eigenvalue weighted by atomic mass is 35.5. The Morgan fingerprint density at radius 1 is 1.02 bits per heavy atom. The molecule has 0 bridgehead atoms. The number of aromatic nitrogens is 1. The first kappa shape index (κ1) is 30.5. The van der Waals surface area contributed by atoms with E-state index in [1.165, 1.54) is 24.3 Å². The van der Waals surface area contributed by atoms with Crippen LogP contribution in [0.2, 0.25) is 5.02 Å². The number of nitrogens with one attached hydrogen (secondary N) is 1. The number of ketones is 1. The molecule has 1 aliphatic heterocycles. The lowest BCUT2D eigenvalue weighted by atomic mass is 9.98. The molecule has 12 heteroatoms. The quantitative estimate of drug-likeness (QED) is 0.200. The number of hydrogen-bond donors (Lipinski definition) is 2. The topological polar surface area (TPSA) is 105 Å². The van der Waals surface area contributed by atoms with Crippen molar-refractivity contribution in [1.82, 2.24) is 4.98 Å². The van der Waals surface area contributed by atoms with Crippen LogP contribution in [0.1, 0.15) is 39.9 Å². The van der Waals surface area contributed by atoms with Gasteiger partial charge in [0.05, 0.1) is 16.1 Å². The molecule has 1 aromatic heterocycles. The van der Waals surface area contributed by atoms with Crippen LogP contribution in [0.5, 0.6) is 0 Å². The van der Waals surface area contributed by atoms with E-state index in [1.807, 2.05) is 17.0 Å². The molecule has 43 heavy (non-hydrogen) atoms. The van der Waals surface area contributed by atoms with Crippen molar-refractivity contribution in [3.05, 3.63) is 106 Å². The SMILES string of the molecule is NS(=O)(=O)c1ccc(CCCC(=O)c2cccc(-c3cnc4c(c3)N(Cc3cc(Cl)ccc3C(F)(F)F)CCN4)c2)cc1. The van der Waals surface area contributed by atoms with Crippen molar-refractivity contribution in [3.8, 4) is 11.1 Å². The number of carbonyl (C=O) groups excluding carboxylic acids is 1. The lowest BCUT2D eigenvalue weighted by molar-refractivity contribution is -0.138. The van der Waals surface area contributed by atoms with Crippen LogP contribution in [-0.4, -0.2) is 32.3 Å². The molecule has 7 nitrogen and oxygen atoms in total. The molecule has 3 aromatic carbocycles. The van der Waals surface area contributed by atoms with Crippen LogP contribution in [0.15, 0.2) is 83.9 Å². The normalized spacial score (nSPS) is 13.4. The highest BCUT2D eigenvalue weighted by Crippen LogP contribution is 2.37. The van der Waals surface area contributed by atoms with Gasteiger partial charge in [0.2, 0.25) is 10.0 Å². The van der Waals surface area contributed by atoms with Crippen molar-refractivity contribution in [2.75, 3.05) is 23.3 Å². The molecule has 0 atom stereocenters. The number of alkyl halides is 3. The maximum Gasteiger partial charge on any atom is 0.416 e. The van der Waals surface area contributed by atoms with E-state index >= 15 is 0 Å². The van der Waals surface area contributed by atoms with Gasteiger partial charge < -0.3 is 10.2 Å². The molecule has 2 heterocycles. The fourth-order valence-corrected chi connectivity index (χ4v) is 5.78. The summed E-state index contributed by atoms with van der Waals surface area (Å²) in [5, 5.41) is 8.56. The molecule has 4 aromatic rings. The van der Waals surface area contributed by atoms with Crippen molar-refractivity contribution in [1.29, 1.82) is 0 Å². The minimum Gasteiger partial charge on any atom is -0.367 e. The summed E-state index contributed by atoms with van der Waals surface area (Å²) < 4.78 is 64.0. The number of fused-ring (bicyclic) bond motifs is 1. The molecule has 1 aliphatic rings. The maximum atomic E-state index is 13.7. The number of halogens is 4. The van der Waals surface area contributed by atoms with E-state index in [-0.39, 0.29) is 27.8 Å². The van der Waals surface area contributed by atoms with Gasteiger partial charge in [0, 0.05) is 48.4 Å². The van der Waals surface area contributed by atoms with Gasteiger partial charge in [-0.1, -0.05) is 41.9 Å². The zero-order valence-corrected chi connectivity index (χ0v) is 24.4. The number of pyridine rings is 1. The zero-order chi connectivity index (χ0) is 30.8. The van der Waals surface area contributed by atoms with E-state index in [0.29, 0.717) is 49.4 Å². The van der Waals surface area contributed by atoms with Crippen LogP contribution in [0, 0.1) is 0 Å². The van der Waals surface area contributed by atoms with E-state index in [2.05, 4.69) is 10.3 Å². The molecule has 0 aliphatic carbocycles. The van der Waals surface area contributed by atoms with Gasteiger partial charge in [0.1, 0.15) is 5.82 Å². The Balaban J connectivity index is 1.31. The van der Waals surface area contributed by atoms with Crippen molar-refractivity contribution in [2.24, 2.45) is 5.14 Å².